The zero-order chi connectivity index (χ0) is 22.2. The normalized spacial score (nSPS) is 12.5. The largest absolute Gasteiger partial charge is 0.240 e. The molecular formula is C27H25NO2S2. The van der Waals surface area contributed by atoms with E-state index in [2.05, 4.69) is 41.1 Å². The van der Waals surface area contributed by atoms with E-state index in [0.29, 0.717) is 6.54 Å². The van der Waals surface area contributed by atoms with Crippen molar-refractivity contribution in [3.63, 3.8) is 0 Å². The van der Waals surface area contributed by atoms with E-state index in [1.54, 1.807) is 36.0 Å². The van der Waals surface area contributed by atoms with Crippen LogP contribution in [0, 0.1) is 0 Å². The van der Waals surface area contributed by atoms with E-state index in [1.807, 2.05) is 60.7 Å². The Kier molecular flexibility index (Phi) is 7.43. The molecule has 0 aromatic heterocycles. The Morgan fingerprint density at radius 3 is 1.47 bits per heavy atom. The van der Waals surface area contributed by atoms with Gasteiger partial charge in [-0.3, -0.25) is 0 Å². The van der Waals surface area contributed by atoms with Gasteiger partial charge in [-0.15, -0.1) is 11.8 Å². The maximum absolute atomic E-state index is 12.9. The van der Waals surface area contributed by atoms with Crippen LogP contribution >= 0.6 is 11.8 Å². The first kappa shape index (κ1) is 22.3. The van der Waals surface area contributed by atoms with Gasteiger partial charge in [0, 0.05) is 11.8 Å². The molecule has 0 saturated carbocycles. The fraction of sp³-hybridized carbons (Fsp3) is 0.111. The number of rotatable bonds is 9. The molecule has 1 N–H and O–H groups in total. The van der Waals surface area contributed by atoms with Crippen LogP contribution in [0.2, 0.25) is 0 Å². The predicted octanol–water partition coefficient (Wildman–Crippen LogP) is 6.23. The molecule has 0 bridgehead atoms. The van der Waals surface area contributed by atoms with Gasteiger partial charge < -0.3 is 0 Å². The molecule has 5 heteroatoms. The SMILES string of the molecule is O=S(=O)(NC[C@H](SC(c1ccccc1)c1ccccc1)c1ccccc1)c1ccccc1. The highest BCUT2D eigenvalue weighted by atomic mass is 32.2. The molecule has 0 spiro atoms. The zero-order valence-electron chi connectivity index (χ0n) is 17.5. The third-order valence-corrected chi connectivity index (χ3v) is 8.21. The fourth-order valence-electron chi connectivity index (χ4n) is 3.55. The Balaban J connectivity index is 1.64. The molecule has 0 aliphatic rings. The van der Waals surface area contributed by atoms with Gasteiger partial charge in [-0.25, -0.2) is 13.1 Å². The lowest BCUT2D eigenvalue weighted by Crippen LogP contribution is -2.28. The molecule has 32 heavy (non-hydrogen) atoms. The van der Waals surface area contributed by atoms with Gasteiger partial charge in [-0.1, -0.05) is 109 Å². The van der Waals surface area contributed by atoms with E-state index in [-0.39, 0.29) is 15.4 Å². The van der Waals surface area contributed by atoms with Crippen molar-refractivity contribution >= 4 is 21.8 Å². The maximum Gasteiger partial charge on any atom is 0.240 e. The lowest BCUT2D eigenvalue weighted by Gasteiger charge is -2.25. The van der Waals surface area contributed by atoms with Gasteiger partial charge in [0.25, 0.3) is 0 Å². The van der Waals surface area contributed by atoms with E-state index in [9.17, 15) is 8.42 Å². The molecule has 0 aliphatic carbocycles. The van der Waals surface area contributed by atoms with Crippen molar-refractivity contribution < 1.29 is 8.42 Å². The van der Waals surface area contributed by atoms with Crippen molar-refractivity contribution in [2.75, 3.05) is 6.54 Å². The molecule has 4 aromatic carbocycles. The van der Waals surface area contributed by atoms with E-state index in [1.165, 1.54) is 11.1 Å². The molecule has 0 amide bonds. The third-order valence-electron chi connectivity index (χ3n) is 5.19. The average Bonchev–Trinajstić information content (AvgIpc) is 2.86. The maximum atomic E-state index is 12.9. The van der Waals surface area contributed by atoms with E-state index < -0.39 is 10.0 Å². The van der Waals surface area contributed by atoms with Gasteiger partial charge in [-0.2, -0.15) is 0 Å². The summed E-state index contributed by atoms with van der Waals surface area (Å²) in [7, 11) is -3.59. The van der Waals surface area contributed by atoms with Crippen LogP contribution in [0.15, 0.2) is 126 Å². The fourth-order valence-corrected chi connectivity index (χ4v) is 6.17. The standard InChI is InChI=1S/C27H25NO2S2/c29-32(30,25-19-11-4-12-20-25)28-21-26(22-13-5-1-6-14-22)31-27(23-15-7-2-8-16-23)24-17-9-3-10-18-24/h1-20,26-28H,21H2/t26-/m0/s1. The summed E-state index contributed by atoms with van der Waals surface area (Å²) in [4.78, 5) is 0.277. The van der Waals surface area contributed by atoms with Crippen LogP contribution in [-0.2, 0) is 10.0 Å². The molecule has 4 rings (SSSR count). The van der Waals surface area contributed by atoms with Gasteiger partial charge in [0.1, 0.15) is 0 Å². The van der Waals surface area contributed by atoms with E-state index in [4.69, 9.17) is 0 Å². The van der Waals surface area contributed by atoms with Gasteiger partial charge in [0.2, 0.25) is 10.0 Å². The van der Waals surface area contributed by atoms with Crippen LogP contribution in [0.1, 0.15) is 27.2 Å². The quantitative estimate of drug-likeness (QED) is 0.323. The highest BCUT2D eigenvalue weighted by Gasteiger charge is 2.24. The van der Waals surface area contributed by atoms with Crippen LogP contribution in [0.4, 0.5) is 0 Å². The predicted molar refractivity (Wildman–Crippen MR) is 133 cm³/mol. The third kappa shape index (κ3) is 5.68. The number of nitrogens with one attached hydrogen (secondary N) is 1. The molecule has 0 unspecified atom stereocenters. The minimum atomic E-state index is -3.59. The summed E-state index contributed by atoms with van der Waals surface area (Å²) in [6, 6.07) is 39.3. The molecule has 162 valence electrons. The van der Waals surface area contributed by atoms with Gasteiger partial charge in [0.15, 0.2) is 0 Å². The first-order chi connectivity index (χ1) is 15.6. The van der Waals surface area contributed by atoms with Crippen molar-refractivity contribution in [2.45, 2.75) is 15.4 Å². The van der Waals surface area contributed by atoms with Crippen LogP contribution in [0.5, 0.6) is 0 Å². The van der Waals surface area contributed by atoms with E-state index in [0.717, 1.165) is 5.56 Å². The van der Waals surface area contributed by atoms with Crippen molar-refractivity contribution in [3.05, 3.63) is 138 Å². The summed E-state index contributed by atoms with van der Waals surface area (Å²) >= 11 is 1.76. The molecule has 0 aliphatic heterocycles. The van der Waals surface area contributed by atoms with E-state index >= 15 is 0 Å². The number of benzene rings is 4. The smallest absolute Gasteiger partial charge is 0.210 e. The summed E-state index contributed by atoms with van der Waals surface area (Å²) in [6.07, 6.45) is 0. The number of hydrogen-bond acceptors (Lipinski definition) is 3. The van der Waals surface area contributed by atoms with Gasteiger partial charge >= 0.3 is 0 Å². The monoisotopic (exact) mass is 459 g/mol. The Morgan fingerprint density at radius 1 is 0.594 bits per heavy atom. The summed E-state index contributed by atoms with van der Waals surface area (Å²) in [6.45, 7) is 0.294. The van der Waals surface area contributed by atoms with Crippen LogP contribution in [0.3, 0.4) is 0 Å². The van der Waals surface area contributed by atoms with Crippen LogP contribution < -0.4 is 4.72 Å². The lowest BCUT2D eigenvalue weighted by molar-refractivity contribution is 0.581. The second-order valence-corrected chi connectivity index (χ2v) is 10.5. The Labute approximate surface area is 194 Å². The molecule has 4 aromatic rings. The minimum absolute atomic E-state index is 0.0694. The first-order valence-electron chi connectivity index (χ1n) is 10.5. The van der Waals surface area contributed by atoms with Crippen molar-refractivity contribution in [1.82, 2.24) is 4.72 Å². The molecule has 0 fully saturated rings. The average molecular weight is 460 g/mol. The zero-order valence-corrected chi connectivity index (χ0v) is 19.2. The second kappa shape index (κ2) is 10.6. The van der Waals surface area contributed by atoms with Gasteiger partial charge in [-0.05, 0) is 28.8 Å². The minimum Gasteiger partial charge on any atom is -0.210 e. The molecule has 0 saturated heterocycles. The second-order valence-electron chi connectivity index (χ2n) is 7.40. The molecule has 0 radical (unpaired) electrons. The Hall–Kier alpha value is -2.86. The highest BCUT2D eigenvalue weighted by Crippen LogP contribution is 2.44. The summed E-state index contributed by atoms with van der Waals surface area (Å²) in [5, 5.41) is 0.00364. The summed E-state index contributed by atoms with van der Waals surface area (Å²) < 4.78 is 28.6. The molecule has 1 atom stereocenters. The van der Waals surface area contributed by atoms with Crippen molar-refractivity contribution in [2.24, 2.45) is 0 Å². The van der Waals surface area contributed by atoms with Crippen LogP contribution in [-0.4, -0.2) is 15.0 Å². The lowest BCUT2D eigenvalue weighted by atomic mass is 10.0. The molecule has 3 nitrogen and oxygen atoms in total. The first-order valence-corrected chi connectivity index (χ1v) is 12.9. The Morgan fingerprint density at radius 2 is 1.00 bits per heavy atom. The summed E-state index contributed by atoms with van der Waals surface area (Å²) in [5.74, 6) is 0. The van der Waals surface area contributed by atoms with Crippen LogP contribution in [0.25, 0.3) is 0 Å². The number of thioether (sulfide) groups is 1. The molecule has 0 heterocycles. The molecular weight excluding hydrogens is 434 g/mol. The van der Waals surface area contributed by atoms with Gasteiger partial charge in [0.05, 0.1) is 10.1 Å². The Bertz CT molecular complexity index is 1160. The van der Waals surface area contributed by atoms with Crippen molar-refractivity contribution in [3.8, 4) is 0 Å². The number of sulfonamides is 1. The highest BCUT2D eigenvalue weighted by molar-refractivity contribution is 8.00. The topological polar surface area (TPSA) is 46.2 Å². The van der Waals surface area contributed by atoms with Crippen molar-refractivity contribution in [1.29, 1.82) is 0 Å². The summed E-state index contributed by atoms with van der Waals surface area (Å²) in [5.41, 5.74) is 3.47. The number of hydrogen-bond donors (Lipinski definition) is 1.